The van der Waals surface area contributed by atoms with Gasteiger partial charge in [-0.05, 0) is 42.4 Å². The Morgan fingerprint density at radius 1 is 1.37 bits per heavy atom. The van der Waals surface area contributed by atoms with E-state index in [2.05, 4.69) is 21.3 Å². The second kappa shape index (κ2) is 8.38. The maximum absolute atomic E-state index is 11.6. The van der Waals surface area contributed by atoms with E-state index in [1.54, 1.807) is 30.3 Å². The summed E-state index contributed by atoms with van der Waals surface area (Å²) in [7, 11) is 0. The zero-order valence-corrected chi connectivity index (χ0v) is 15.3. The summed E-state index contributed by atoms with van der Waals surface area (Å²) >= 11 is 0.947. The molecule has 2 heterocycles. The van der Waals surface area contributed by atoms with E-state index in [-0.39, 0.29) is 4.91 Å². The molecule has 2 N–H and O–H groups in total. The lowest BCUT2D eigenvalue weighted by atomic mass is 10.1. The van der Waals surface area contributed by atoms with Gasteiger partial charge in [-0.2, -0.15) is 5.26 Å². The van der Waals surface area contributed by atoms with Crippen LogP contribution in [0.1, 0.15) is 30.5 Å². The summed E-state index contributed by atoms with van der Waals surface area (Å²) in [4.78, 5) is 15.9. The van der Waals surface area contributed by atoms with Crippen LogP contribution in [0.3, 0.4) is 0 Å². The Kier molecular flexibility index (Phi) is 5.74. The molecule has 0 aliphatic carbocycles. The van der Waals surface area contributed by atoms with Crippen molar-refractivity contribution in [1.82, 2.24) is 15.2 Å². The van der Waals surface area contributed by atoms with E-state index in [0.29, 0.717) is 27.8 Å². The number of hydrogen-bond acceptors (Lipinski definition) is 6. The van der Waals surface area contributed by atoms with Crippen molar-refractivity contribution in [2.24, 2.45) is 0 Å². The molecule has 0 spiro atoms. The van der Waals surface area contributed by atoms with E-state index in [1.165, 1.54) is 6.08 Å². The summed E-state index contributed by atoms with van der Waals surface area (Å²) in [5.41, 5.74) is 1.14. The van der Waals surface area contributed by atoms with Crippen LogP contribution in [-0.2, 0) is 11.2 Å². The molecular formula is C19H16N4O3S. The van der Waals surface area contributed by atoms with Gasteiger partial charge >= 0.3 is 5.97 Å². The molecule has 7 nitrogen and oxygen atoms in total. The number of nitrogens with one attached hydrogen (secondary N) is 1. The van der Waals surface area contributed by atoms with Crippen molar-refractivity contribution in [3.8, 4) is 17.4 Å². The van der Waals surface area contributed by atoms with Crippen molar-refractivity contribution >= 4 is 23.8 Å². The van der Waals surface area contributed by atoms with E-state index in [4.69, 9.17) is 4.42 Å². The van der Waals surface area contributed by atoms with Crippen molar-refractivity contribution in [3.63, 3.8) is 0 Å². The lowest BCUT2D eigenvalue weighted by Crippen LogP contribution is -1.97. The number of nitrogens with zero attached hydrogens (tertiary/aromatic N) is 3. The molecule has 0 aliphatic heterocycles. The molecule has 27 heavy (non-hydrogen) atoms. The lowest BCUT2D eigenvalue weighted by molar-refractivity contribution is -0.131. The molecule has 0 aliphatic rings. The van der Waals surface area contributed by atoms with Crippen LogP contribution < -0.4 is 0 Å². The third-order valence-electron chi connectivity index (χ3n) is 3.62. The molecule has 0 unspecified atom stereocenters. The molecule has 0 amide bonds. The first-order chi connectivity index (χ1) is 13.1. The standard InChI is InChI=1S/C19H16N4O3S/c1-2-5-17-21-19(23-22-17)27-16(18(24)25)10-13-8-9-15(26-13)14-7-4-3-6-12(14)11-20/h3-4,6-10H,2,5H2,1H3,(H,24,25)(H,21,22,23)/b16-10-. The van der Waals surface area contributed by atoms with Gasteiger partial charge in [-0.15, -0.1) is 5.10 Å². The molecule has 8 heteroatoms. The van der Waals surface area contributed by atoms with Gasteiger partial charge in [0.05, 0.1) is 11.6 Å². The number of aromatic nitrogens is 3. The van der Waals surface area contributed by atoms with Crippen molar-refractivity contribution < 1.29 is 14.3 Å². The highest BCUT2D eigenvalue weighted by atomic mass is 32.2. The molecule has 0 saturated carbocycles. The van der Waals surface area contributed by atoms with E-state index in [1.807, 2.05) is 13.0 Å². The largest absolute Gasteiger partial charge is 0.477 e. The molecule has 2 aromatic heterocycles. The fourth-order valence-corrected chi connectivity index (χ4v) is 3.11. The second-order valence-electron chi connectivity index (χ2n) is 5.59. The number of carboxylic acid groups (broad SMARTS) is 1. The summed E-state index contributed by atoms with van der Waals surface area (Å²) in [6.45, 7) is 2.02. The molecular weight excluding hydrogens is 364 g/mol. The average molecular weight is 380 g/mol. The number of hydrogen-bond donors (Lipinski definition) is 2. The zero-order chi connectivity index (χ0) is 19.2. The Bertz CT molecular complexity index is 1030. The van der Waals surface area contributed by atoms with Gasteiger partial charge in [-0.25, -0.2) is 9.78 Å². The molecule has 0 saturated heterocycles. The van der Waals surface area contributed by atoms with Gasteiger partial charge in [0, 0.05) is 18.1 Å². The minimum absolute atomic E-state index is 0.0338. The highest BCUT2D eigenvalue weighted by Crippen LogP contribution is 2.29. The number of carboxylic acids is 1. The molecule has 0 bridgehead atoms. The SMILES string of the molecule is CCCc1nc(S/C(=C\c2ccc(-c3ccccc3C#N)o2)C(=O)O)n[nH]1. The molecule has 0 atom stereocenters. The Labute approximate surface area is 159 Å². The summed E-state index contributed by atoms with van der Waals surface area (Å²) in [5.74, 6) is 0.485. The average Bonchev–Trinajstić information content (AvgIpc) is 3.31. The number of thioether (sulfide) groups is 1. The number of rotatable bonds is 7. The van der Waals surface area contributed by atoms with Gasteiger partial charge in [0.15, 0.2) is 0 Å². The third-order valence-corrected chi connectivity index (χ3v) is 4.50. The number of H-pyrrole nitrogens is 1. The Morgan fingerprint density at radius 3 is 2.93 bits per heavy atom. The molecule has 0 fully saturated rings. The van der Waals surface area contributed by atoms with Crippen molar-refractivity contribution in [2.75, 3.05) is 0 Å². The quantitative estimate of drug-likeness (QED) is 0.468. The fraction of sp³-hybridized carbons (Fsp3) is 0.158. The van der Waals surface area contributed by atoms with Gasteiger partial charge in [0.2, 0.25) is 5.16 Å². The maximum atomic E-state index is 11.6. The van der Waals surface area contributed by atoms with Crippen LogP contribution in [0.25, 0.3) is 17.4 Å². The minimum atomic E-state index is -1.10. The van der Waals surface area contributed by atoms with Crippen molar-refractivity contribution in [2.45, 2.75) is 24.9 Å². The number of benzene rings is 1. The highest BCUT2D eigenvalue weighted by molar-refractivity contribution is 8.04. The Hall–Kier alpha value is -3.31. The monoisotopic (exact) mass is 380 g/mol. The van der Waals surface area contributed by atoms with Gasteiger partial charge in [0.1, 0.15) is 22.3 Å². The number of furan rings is 1. The molecule has 3 aromatic rings. The van der Waals surface area contributed by atoms with Gasteiger partial charge in [-0.1, -0.05) is 19.1 Å². The van der Waals surface area contributed by atoms with Crippen LogP contribution in [0.5, 0.6) is 0 Å². The van der Waals surface area contributed by atoms with Crippen LogP contribution in [-0.4, -0.2) is 26.3 Å². The number of nitriles is 1. The summed E-state index contributed by atoms with van der Waals surface area (Å²) in [6.07, 6.45) is 3.08. The van der Waals surface area contributed by atoms with Crippen LogP contribution in [0.15, 0.2) is 50.9 Å². The molecule has 0 radical (unpaired) electrons. The lowest BCUT2D eigenvalue weighted by Gasteiger charge is -2.00. The third kappa shape index (κ3) is 4.46. The minimum Gasteiger partial charge on any atom is -0.477 e. The second-order valence-corrected chi connectivity index (χ2v) is 6.60. The summed E-state index contributed by atoms with van der Waals surface area (Å²) in [6, 6.07) is 12.5. The fourth-order valence-electron chi connectivity index (χ4n) is 2.41. The zero-order valence-electron chi connectivity index (χ0n) is 14.5. The van der Waals surface area contributed by atoms with E-state index in [0.717, 1.165) is 30.4 Å². The van der Waals surface area contributed by atoms with Gasteiger partial charge < -0.3 is 9.52 Å². The van der Waals surface area contributed by atoms with Crippen LogP contribution in [0.4, 0.5) is 0 Å². The molecule has 3 rings (SSSR count). The first-order valence-electron chi connectivity index (χ1n) is 8.24. The number of carbonyl (C=O) groups is 1. The van der Waals surface area contributed by atoms with E-state index >= 15 is 0 Å². The first-order valence-corrected chi connectivity index (χ1v) is 9.05. The highest BCUT2D eigenvalue weighted by Gasteiger charge is 2.15. The number of aryl methyl sites for hydroxylation is 1. The summed E-state index contributed by atoms with van der Waals surface area (Å²) < 4.78 is 5.72. The summed E-state index contributed by atoms with van der Waals surface area (Å²) in [5, 5.41) is 25.8. The van der Waals surface area contributed by atoms with Crippen LogP contribution >= 0.6 is 11.8 Å². The topological polar surface area (TPSA) is 116 Å². The van der Waals surface area contributed by atoms with Crippen molar-refractivity contribution in [3.05, 3.63) is 58.5 Å². The van der Waals surface area contributed by atoms with Crippen LogP contribution in [0, 0.1) is 11.3 Å². The predicted molar refractivity (Wildman–Crippen MR) is 101 cm³/mol. The predicted octanol–water partition coefficient (Wildman–Crippen LogP) is 4.11. The van der Waals surface area contributed by atoms with Gasteiger partial charge in [-0.3, -0.25) is 5.10 Å². The molecule has 1 aromatic carbocycles. The van der Waals surface area contributed by atoms with E-state index in [9.17, 15) is 15.2 Å². The maximum Gasteiger partial charge on any atom is 0.342 e. The first kappa shape index (κ1) is 18.5. The normalized spacial score (nSPS) is 11.3. The van der Waals surface area contributed by atoms with Crippen molar-refractivity contribution in [1.29, 1.82) is 5.26 Å². The van der Waals surface area contributed by atoms with E-state index < -0.39 is 5.97 Å². The number of aliphatic carboxylic acids is 1. The molecule has 136 valence electrons. The smallest absolute Gasteiger partial charge is 0.342 e. The number of aromatic amines is 1. The van der Waals surface area contributed by atoms with Crippen LogP contribution in [0.2, 0.25) is 0 Å². The van der Waals surface area contributed by atoms with Gasteiger partial charge in [0.25, 0.3) is 0 Å². The Balaban J connectivity index is 1.85. The Morgan fingerprint density at radius 2 is 2.19 bits per heavy atom.